The molecule has 25 heavy (non-hydrogen) atoms. The first kappa shape index (κ1) is 19.9. The number of unbranched alkanes of at least 4 members (excludes halogenated alkanes) is 1. The van der Waals surface area contributed by atoms with Gasteiger partial charge in [0.2, 0.25) is 5.91 Å². The van der Waals surface area contributed by atoms with Gasteiger partial charge in [-0.25, -0.2) is 4.99 Å². The van der Waals surface area contributed by atoms with Crippen LogP contribution in [0, 0.1) is 0 Å². The molecular weight excluding hydrogens is 324 g/mol. The van der Waals surface area contributed by atoms with Crippen LogP contribution in [0.15, 0.2) is 4.99 Å². The number of amides is 1. The lowest BCUT2D eigenvalue weighted by atomic mass is 10.1. The van der Waals surface area contributed by atoms with Gasteiger partial charge in [0.25, 0.3) is 0 Å². The van der Waals surface area contributed by atoms with Crippen LogP contribution in [0.25, 0.3) is 0 Å². The fourth-order valence-electron chi connectivity index (χ4n) is 2.72. The SMILES string of the molecule is CCCCNC(=NCC(=O)N(C)C)NCC1COC2(CCOCC2)O1. The first-order valence-corrected chi connectivity index (χ1v) is 9.16. The van der Waals surface area contributed by atoms with Gasteiger partial charge in [-0.3, -0.25) is 4.79 Å². The number of likely N-dealkylation sites (N-methyl/N-ethyl adjacent to an activating group) is 1. The Morgan fingerprint density at radius 2 is 2.04 bits per heavy atom. The van der Waals surface area contributed by atoms with Crippen LogP contribution < -0.4 is 10.6 Å². The minimum atomic E-state index is -0.474. The Labute approximate surface area is 150 Å². The van der Waals surface area contributed by atoms with Crippen LogP contribution in [0.4, 0.5) is 0 Å². The summed E-state index contributed by atoms with van der Waals surface area (Å²) < 4.78 is 17.4. The van der Waals surface area contributed by atoms with Crippen molar-refractivity contribution < 1.29 is 19.0 Å². The molecule has 0 aromatic carbocycles. The molecule has 2 N–H and O–H groups in total. The molecule has 1 atom stereocenters. The number of hydrogen-bond donors (Lipinski definition) is 2. The molecule has 8 nitrogen and oxygen atoms in total. The molecule has 0 radical (unpaired) electrons. The summed E-state index contributed by atoms with van der Waals surface area (Å²) in [6.07, 6.45) is 3.67. The largest absolute Gasteiger partial charge is 0.381 e. The minimum Gasteiger partial charge on any atom is -0.381 e. The third-order valence-corrected chi connectivity index (χ3v) is 4.36. The van der Waals surface area contributed by atoms with Crippen LogP contribution in [0.1, 0.15) is 32.6 Å². The molecule has 1 spiro atoms. The Morgan fingerprint density at radius 3 is 2.72 bits per heavy atom. The van der Waals surface area contributed by atoms with Gasteiger partial charge in [0, 0.05) is 40.0 Å². The van der Waals surface area contributed by atoms with E-state index in [4.69, 9.17) is 14.2 Å². The Morgan fingerprint density at radius 1 is 1.28 bits per heavy atom. The molecule has 8 heteroatoms. The summed E-state index contributed by atoms with van der Waals surface area (Å²) in [6, 6.07) is 0. The molecule has 0 aliphatic carbocycles. The molecule has 0 saturated carbocycles. The summed E-state index contributed by atoms with van der Waals surface area (Å²) in [7, 11) is 3.46. The molecule has 2 aliphatic rings. The summed E-state index contributed by atoms with van der Waals surface area (Å²) in [5.41, 5.74) is 0. The lowest BCUT2D eigenvalue weighted by Crippen LogP contribution is -2.44. The Hall–Kier alpha value is -1.38. The van der Waals surface area contributed by atoms with Gasteiger partial charge < -0.3 is 29.7 Å². The number of nitrogens with zero attached hydrogens (tertiary/aromatic N) is 2. The number of ether oxygens (including phenoxy) is 3. The zero-order chi connectivity index (χ0) is 18.1. The second kappa shape index (κ2) is 9.94. The first-order valence-electron chi connectivity index (χ1n) is 9.16. The lowest BCUT2D eigenvalue weighted by molar-refractivity contribution is -0.210. The quantitative estimate of drug-likeness (QED) is 0.389. The Kier molecular flexibility index (Phi) is 7.92. The second-order valence-corrected chi connectivity index (χ2v) is 6.69. The van der Waals surface area contributed by atoms with Gasteiger partial charge >= 0.3 is 0 Å². The fraction of sp³-hybridized carbons (Fsp3) is 0.882. The van der Waals surface area contributed by atoms with Crippen molar-refractivity contribution >= 4 is 11.9 Å². The number of nitrogens with one attached hydrogen (secondary N) is 2. The number of guanidine groups is 1. The molecule has 0 aromatic heterocycles. The van der Waals surface area contributed by atoms with E-state index in [1.807, 2.05) is 0 Å². The smallest absolute Gasteiger partial charge is 0.243 e. The van der Waals surface area contributed by atoms with Crippen LogP contribution in [-0.2, 0) is 19.0 Å². The average molecular weight is 356 g/mol. The number of hydrogen-bond acceptors (Lipinski definition) is 5. The van der Waals surface area contributed by atoms with Crippen molar-refractivity contribution in [2.45, 2.75) is 44.5 Å². The normalized spacial score (nSPS) is 22.8. The number of carbonyl (C=O) groups excluding carboxylic acids is 1. The highest BCUT2D eigenvalue weighted by Crippen LogP contribution is 2.32. The molecule has 2 fully saturated rings. The van der Waals surface area contributed by atoms with Crippen molar-refractivity contribution in [3.63, 3.8) is 0 Å². The number of carbonyl (C=O) groups is 1. The summed E-state index contributed by atoms with van der Waals surface area (Å²) in [6.45, 7) is 5.59. The maximum Gasteiger partial charge on any atom is 0.243 e. The summed E-state index contributed by atoms with van der Waals surface area (Å²) >= 11 is 0. The lowest BCUT2D eigenvalue weighted by Gasteiger charge is -2.31. The molecule has 2 aliphatic heterocycles. The van der Waals surface area contributed by atoms with E-state index in [1.165, 1.54) is 4.90 Å². The highest BCUT2D eigenvalue weighted by molar-refractivity contribution is 5.84. The molecule has 1 unspecified atom stereocenters. The fourth-order valence-corrected chi connectivity index (χ4v) is 2.72. The van der Waals surface area contributed by atoms with E-state index in [0.717, 1.165) is 32.2 Å². The van der Waals surface area contributed by atoms with Crippen LogP contribution in [0.3, 0.4) is 0 Å². The zero-order valence-electron chi connectivity index (χ0n) is 15.7. The average Bonchev–Trinajstić information content (AvgIpc) is 2.99. The van der Waals surface area contributed by atoms with E-state index in [1.54, 1.807) is 14.1 Å². The van der Waals surface area contributed by atoms with Gasteiger partial charge in [0.1, 0.15) is 12.6 Å². The van der Waals surface area contributed by atoms with Gasteiger partial charge in [0.15, 0.2) is 11.7 Å². The molecular formula is C17H32N4O4. The highest BCUT2D eigenvalue weighted by Gasteiger charge is 2.42. The molecule has 0 bridgehead atoms. The Balaban J connectivity index is 1.81. The highest BCUT2D eigenvalue weighted by atomic mass is 16.7. The van der Waals surface area contributed by atoms with Crippen molar-refractivity contribution in [3.05, 3.63) is 0 Å². The first-order chi connectivity index (χ1) is 12.0. The van der Waals surface area contributed by atoms with Gasteiger partial charge in [-0.1, -0.05) is 13.3 Å². The molecule has 1 amide bonds. The maximum absolute atomic E-state index is 11.7. The molecule has 2 rings (SSSR count). The second-order valence-electron chi connectivity index (χ2n) is 6.69. The topological polar surface area (TPSA) is 84.4 Å². The monoisotopic (exact) mass is 356 g/mol. The van der Waals surface area contributed by atoms with Crippen LogP contribution in [0.2, 0.25) is 0 Å². The molecule has 0 aromatic rings. The summed E-state index contributed by atoms with van der Waals surface area (Å²) in [4.78, 5) is 17.7. The van der Waals surface area contributed by atoms with E-state index in [-0.39, 0.29) is 18.6 Å². The third-order valence-electron chi connectivity index (χ3n) is 4.36. The van der Waals surface area contributed by atoms with Crippen LogP contribution in [-0.4, -0.2) is 82.2 Å². The maximum atomic E-state index is 11.7. The molecule has 144 valence electrons. The summed E-state index contributed by atoms with van der Waals surface area (Å²) in [5.74, 6) is 0.136. The van der Waals surface area contributed by atoms with E-state index in [9.17, 15) is 4.79 Å². The standard InChI is InChI=1S/C17H32N4O4/c1-4-5-8-18-16(20-12-15(22)21(2)3)19-11-14-13-24-17(25-14)6-9-23-10-7-17/h14H,4-13H2,1-3H3,(H2,18,19,20). The Bertz CT molecular complexity index is 450. The van der Waals surface area contributed by atoms with Gasteiger partial charge in [-0.2, -0.15) is 0 Å². The van der Waals surface area contributed by atoms with Gasteiger partial charge in [-0.15, -0.1) is 0 Å². The zero-order valence-corrected chi connectivity index (χ0v) is 15.7. The van der Waals surface area contributed by atoms with Crippen LogP contribution in [0.5, 0.6) is 0 Å². The third kappa shape index (κ3) is 6.45. The van der Waals surface area contributed by atoms with Crippen molar-refractivity contribution in [2.24, 2.45) is 4.99 Å². The minimum absolute atomic E-state index is 0.0270. The van der Waals surface area contributed by atoms with Crippen LogP contribution >= 0.6 is 0 Å². The van der Waals surface area contributed by atoms with Crippen molar-refractivity contribution in [3.8, 4) is 0 Å². The molecule has 2 saturated heterocycles. The predicted molar refractivity (Wildman–Crippen MR) is 95.5 cm³/mol. The van der Waals surface area contributed by atoms with E-state index < -0.39 is 5.79 Å². The van der Waals surface area contributed by atoms with E-state index >= 15 is 0 Å². The van der Waals surface area contributed by atoms with Gasteiger partial charge in [0.05, 0.1) is 19.8 Å². The van der Waals surface area contributed by atoms with E-state index in [2.05, 4.69) is 22.5 Å². The number of aliphatic imine (C=N–C) groups is 1. The predicted octanol–water partition coefficient (Wildman–Crippen LogP) is 0.332. The van der Waals surface area contributed by atoms with Crippen molar-refractivity contribution in [2.75, 3.05) is 53.6 Å². The van der Waals surface area contributed by atoms with Gasteiger partial charge in [-0.05, 0) is 6.42 Å². The van der Waals surface area contributed by atoms with Crippen molar-refractivity contribution in [1.82, 2.24) is 15.5 Å². The van der Waals surface area contributed by atoms with Crippen molar-refractivity contribution in [1.29, 1.82) is 0 Å². The molecule has 2 heterocycles. The number of rotatable bonds is 7. The summed E-state index contributed by atoms with van der Waals surface area (Å²) in [5, 5.41) is 6.53. The van der Waals surface area contributed by atoms with E-state index in [0.29, 0.717) is 32.3 Å².